The number of nitrogens with zero attached hydrogens (tertiary/aromatic N) is 2. The monoisotopic (exact) mass is 608 g/mol. The molecule has 0 aliphatic rings. The molecule has 0 saturated carbocycles. The number of hydrogen-bond acceptors (Lipinski definition) is 4. The van der Waals surface area contributed by atoms with Crippen LogP contribution in [0.5, 0.6) is 17.2 Å². The number of ether oxygens (including phenoxy) is 3. The van der Waals surface area contributed by atoms with Crippen molar-refractivity contribution in [2.45, 2.75) is 57.8 Å². The van der Waals surface area contributed by atoms with E-state index in [1.54, 1.807) is 18.2 Å². The average molecular weight is 611 g/mol. The molecule has 37 heavy (non-hydrogen) atoms. The van der Waals surface area contributed by atoms with Gasteiger partial charge in [-0.15, -0.1) is 0 Å². The van der Waals surface area contributed by atoms with Crippen LogP contribution in [0.2, 0.25) is 25.1 Å². The number of carbonyl (C=O) groups excluding carboxylic acids is 1. The fraction of sp³-hybridized carbons (Fsp3) is 0.462. The van der Waals surface area contributed by atoms with E-state index in [0.29, 0.717) is 30.3 Å². The number of ketones is 1. The first-order valence-electron chi connectivity index (χ1n) is 12.0. The predicted molar refractivity (Wildman–Crippen MR) is 151 cm³/mol. The Hall–Kier alpha value is -1.66. The summed E-state index contributed by atoms with van der Waals surface area (Å²) in [5.74, 6) is 0.903. The van der Waals surface area contributed by atoms with Gasteiger partial charge in [0.1, 0.15) is 10.0 Å². The zero-order valence-electron chi connectivity index (χ0n) is 20.5. The molecule has 0 bridgehead atoms. The minimum Gasteiger partial charge on any atom is -0.493 e. The third kappa shape index (κ3) is 9.86. The molecule has 6 nitrogen and oxygen atoms in total. The van der Waals surface area contributed by atoms with Gasteiger partial charge in [-0.1, -0.05) is 103 Å². The summed E-state index contributed by atoms with van der Waals surface area (Å²) in [6.45, 7) is 1.04. The third-order valence-electron chi connectivity index (χ3n) is 5.59. The van der Waals surface area contributed by atoms with Crippen LogP contribution in [-0.2, 0) is 0 Å². The molecule has 0 aromatic heterocycles. The maximum Gasteiger partial charge on any atom is 0.328 e. The highest BCUT2D eigenvalue weighted by atomic mass is 35.5. The second-order valence-electron chi connectivity index (χ2n) is 8.25. The number of hydrogen-bond donors (Lipinski definition) is 0. The summed E-state index contributed by atoms with van der Waals surface area (Å²) in [5.41, 5.74) is 8.86. The van der Waals surface area contributed by atoms with Crippen LogP contribution >= 0.6 is 58.0 Å². The lowest BCUT2D eigenvalue weighted by atomic mass is 10.1. The van der Waals surface area contributed by atoms with E-state index in [-0.39, 0.29) is 30.9 Å². The molecule has 2 aromatic carbocycles. The van der Waals surface area contributed by atoms with Crippen LogP contribution in [0.3, 0.4) is 0 Å². The average Bonchev–Trinajstić information content (AvgIpc) is 2.90. The maximum absolute atomic E-state index is 11.8. The zero-order chi connectivity index (χ0) is 27.2. The summed E-state index contributed by atoms with van der Waals surface area (Å²) in [7, 11) is 1.51. The summed E-state index contributed by atoms with van der Waals surface area (Å²) in [4.78, 5) is 14.5. The molecule has 0 spiro atoms. The predicted octanol–water partition coefficient (Wildman–Crippen LogP) is 9.41. The molecule has 0 aliphatic heterocycles. The van der Waals surface area contributed by atoms with E-state index in [2.05, 4.69) is 4.79 Å². The lowest BCUT2D eigenvalue weighted by Gasteiger charge is -2.13. The smallest absolute Gasteiger partial charge is 0.328 e. The van der Waals surface area contributed by atoms with Gasteiger partial charge in [-0.3, -0.25) is 4.79 Å². The van der Waals surface area contributed by atoms with Crippen LogP contribution < -0.4 is 14.2 Å². The van der Waals surface area contributed by atoms with Crippen molar-refractivity contribution in [3.05, 3.63) is 54.4 Å². The van der Waals surface area contributed by atoms with Gasteiger partial charge in [0.25, 0.3) is 5.78 Å². The minimum absolute atomic E-state index is 0.119. The molecule has 0 heterocycles. The van der Waals surface area contributed by atoms with Gasteiger partial charge in [0.05, 0.1) is 35.4 Å². The summed E-state index contributed by atoms with van der Waals surface area (Å²) in [6, 6.07) is 4.87. The van der Waals surface area contributed by atoms with Crippen molar-refractivity contribution >= 4 is 70.0 Å². The Bertz CT molecular complexity index is 1080. The standard InChI is InChI=1S/C26H29Cl5N2O4/c1-35-20-15-17(18(34)16-33-32)11-12-19(20)36-13-9-7-5-3-2-4-6-8-10-14-37-26-24(30)22(28)21(27)23(29)25(26)31/h11-12,15-16H,2-10,13-14H2,1H3. The summed E-state index contributed by atoms with van der Waals surface area (Å²) in [6.07, 6.45) is 10.6. The molecule has 2 rings (SSSR count). The van der Waals surface area contributed by atoms with Gasteiger partial charge in [0.2, 0.25) is 0 Å². The topological polar surface area (TPSA) is 81.2 Å². The Morgan fingerprint density at radius 3 is 1.76 bits per heavy atom. The van der Waals surface area contributed by atoms with Crippen molar-refractivity contribution < 1.29 is 23.8 Å². The molecule has 2 aromatic rings. The first-order chi connectivity index (χ1) is 17.8. The van der Waals surface area contributed by atoms with Gasteiger partial charge < -0.3 is 19.7 Å². The molecule has 0 atom stereocenters. The first kappa shape index (κ1) is 31.6. The number of halogens is 5. The van der Waals surface area contributed by atoms with Crippen molar-refractivity contribution in [1.82, 2.24) is 0 Å². The fourth-order valence-corrected chi connectivity index (χ4v) is 4.81. The van der Waals surface area contributed by atoms with E-state index < -0.39 is 5.78 Å². The molecule has 0 radical (unpaired) electrons. The van der Waals surface area contributed by atoms with Crippen LogP contribution in [0.1, 0.15) is 68.1 Å². The fourth-order valence-electron chi connectivity index (χ4n) is 3.58. The summed E-state index contributed by atoms with van der Waals surface area (Å²) in [5, 5.41) is 0.733. The van der Waals surface area contributed by atoms with Crippen LogP contribution in [0.25, 0.3) is 5.53 Å². The lowest BCUT2D eigenvalue weighted by molar-refractivity contribution is 0.00234. The van der Waals surface area contributed by atoms with Crippen LogP contribution in [-0.4, -0.2) is 37.1 Å². The Labute approximate surface area is 242 Å². The molecule has 202 valence electrons. The zero-order valence-corrected chi connectivity index (χ0v) is 24.3. The van der Waals surface area contributed by atoms with Gasteiger partial charge in [-0.05, 0) is 31.0 Å². The highest BCUT2D eigenvalue weighted by Crippen LogP contribution is 2.48. The highest BCUT2D eigenvalue weighted by molar-refractivity contribution is 6.55. The summed E-state index contributed by atoms with van der Waals surface area (Å²) < 4.78 is 16.8. The van der Waals surface area contributed by atoms with Crippen molar-refractivity contribution in [2.75, 3.05) is 20.3 Å². The second-order valence-corrected chi connectivity index (χ2v) is 10.1. The second kappa shape index (κ2) is 17.0. The highest BCUT2D eigenvalue weighted by Gasteiger charge is 2.20. The molecular formula is C26H29Cl5N2O4. The van der Waals surface area contributed by atoms with Crippen LogP contribution in [0, 0.1) is 0 Å². The molecular weight excluding hydrogens is 582 g/mol. The van der Waals surface area contributed by atoms with E-state index in [4.69, 9.17) is 77.7 Å². The number of rotatable bonds is 17. The van der Waals surface area contributed by atoms with Gasteiger partial charge in [0.15, 0.2) is 17.2 Å². The van der Waals surface area contributed by atoms with Gasteiger partial charge in [-0.25, -0.2) is 0 Å². The van der Waals surface area contributed by atoms with Gasteiger partial charge >= 0.3 is 6.21 Å². The number of methoxy groups -OCH3 is 1. The Balaban J connectivity index is 1.53. The SMILES string of the molecule is COc1cc(C(=O)C=[N+]=[N-])ccc1OCCCCCCCCCCCOc1c(Cl)c(Cl)c(Cl)c(Cl)c1Cl. The van der Waals surface area contributed by atoms with E-state index in [9.17, 15) is 4.79 Å². The Kier molecular flexibility index (Phi) is 14.5. The normalized spacial score (nSPS) is 10.6. The van der Waals surface area contributed by atoms with Gasteiger partial charge in [0, 0.05) is 5.56 Å². The first-order valence-corrected chi connectivity index (χ1v) is 13.9. The van der Waals surface area contributed by atoms with Gasteiger partial charge in [-0.2, -0.15) is 4.79 Å². The molecule has 0 amide bonds. The van der Waals surface area contributed by atoms with Crippen molar-refractivity contribution in [3.8, 4) is 17.2 Å². The van der Waals surface area contributed by atoms with E-state index >= 15 is 0 Å². The Morgan fingerprint density at radius 1 is 0.757 bits per heavy atom. The van der Waals surface area contributed by atoms with Crippen LogP contribution in [0.4, 0.5) is 0 Å². The summed E-state index contributed by atoms with van der Waals surface area (Å²) >= 11 is 30.4. The lowest BCUT2D eigenvalue weighted by Crippen LogP contribution is -2.04. The van der Waals surface area contributed by atoms with Crippen molar-refractivity contribution in [3.63, 3.8) is 0 Å². The molecule has 0 aliphatic carbocycles. The van der Waals surface area contributed by atoms with E-state index in [0.717, 1.165) is 44.7 Å². The van der Waals surface area contributed by atoms with Crippen molar-refractivity contribution in [2.24, 2.45) is 0 Å². The number of carbonyl (C=O) groups is 1. The van der Waals surface area contributed by atoms with E-state index in [1.165, 1.54) is 26.4 Å². The number of benzene rings is 2. The molecule has 0 N–H and O–H groups in total. The third-order valence-corrected chi connectivity index (χ3v) is 7.83. The molecule has 11 heteroatoms. The molecule has 0 unspecified atom stereocenters. The minimum atomic E-state index is -0.413. The Morgan fingerprint density at radius 2 is 1.24 bits per heavy atom. The largest absolute Gasteiger partial charge is 0.493 e. The van der Waals surface area contributed by atoms with Crippen LogP contribution in [0.15, 0.2) is 18.2 Å². The number of unbranched alkanes of at least 4 members (excludes halogenated alkanes) is 8. The van der Waals surface area contributed by atoms with Crippen molar-refractivity contribution in [1.29, 1.82) is 0 Å². The quantitative estimate of drug-likeness (QED) is 0.0340. The van der Waals surface area contributed by atoms with E-state index in [1.807, 2.05) is 0 Å². The maximum atomic E-state index is 11.8. The number of Topliss-reactive ketones (excluding diaryl/α,β-unsaturated/α-hetero) is 1. The molecule has 0 fully saturated rings. The molecule has 0 saturated heterocycles.